The summed E-state index contributed by atoms with van der Waals surface area (Å²) in [4.78, 5) is 29.9. The first-order valence-electron chi connectivity index (χ1n) is 12.8. The quantitative estimate of drug-likeness (QED) is 0.593. The average molecular weight is 529 g/mol. The highest BCUT2D eigenvalue weighted by molar-refractivity contribution is 7.89. The summed E-state index contributed by atoms with van der Waals surface area (Å²) in [5.41, 5.74) is 2.00. The van der Waals surface area contributed by atoms with E-state index in [0.717, 1.165) is 18.7 Å². The topological polar surface area (TPSA) is 99.3 Å². The lowest BCUT2D eigenvalue weighted by atomic mass is 9.97. The number of sulfonamides is 1. The smallest absolute Gasteiger partial charge is 0.253 e. The number of hydrogen-bond donors (Lipinski definition) is 1. The first-order chi connectivity index (χ1) is 17.7. The largest absolute Gasteiger partial charge is 0.494 e. The van der Waals surface area contributed by atoms with E-state index in [-0.39, 0.29) is 35.7 Å². The summed E-state index contributed by atoms with van der Waals surface area (Å²) in [5, 5.41) is 2.92. The molecular formula is C27H36N4O5S. The third-order valence-corrected chi connectivity index (χ3v) is 8.99. The second kappa shape index (κ2) is 11.6. The molecule has 37 heavy (non-hydrogen) atoms. The van der Waals surface area contributed by atoms with Gasteiger partial charge in [-0.05, 0) is 81.8 Å². The molecule has 0 aliphatic carbocycles. The molecule has 10 heteroatoms. The minimum atomic E-state index is -3.64. The predicted molar refractivity (Wildman–Crippen MR) is 142 cm³/mol. The molecule has 0 radical (unpaired) electrons. The van der Waals surface area contributed by atoms with E-state index in [4.69, 9.17) is 4.74 Å². The van der Waals surface area contributed by atoms with Crippen LogP contribution in [0.4, 0.5) is 5.69 Å². The van der Waals surface area contributed by atoms with Gasteiger partial charge in [0.25, 0.3) is 5.91 Å². The third kappa shape index (κ3) is 6.31. The number of piperazine rings is 1. The second-order valence-corrected chi connectivity index (χ2v) is 11.6. The van der Waals surface area contributed by atoms with Gasteiger partial charge in [-0.25, -0.2) is 8.42 Å². The summed E-state index contributed by atoms with van der Waals surface area (Å²) in [7, 11) is -1.60. The van der Waals surface area contributed by atoms with Gasteiger partial charge in [0, 0.05) is 56.4 Å². The number of carbonyl (C=O) groups is 2. The Balaban J connectivity index is 1.30. The van der Waals surface area contributed by atoms with Crippen LogP contribution >= 0.6 is 0 Å². The zero-order valence-electron chi connectivity index (χ0n) is 21.8. The van der Waals surface area contributed by atoms with Crippen molar-refractivity contribution in [1.82, 2.24) is 14.1 Å². The Bertz CT molecular complexity index is 1220. The van der Waals surface area contributed by atoms with E-state index in [0.29, 0.717) is 49.5 Å². The molecule has 200 valence electrons. The summed E-state index contributed by atoms with van der Waals surface area (Å²) in [6.45, 7) is 7.93. The standard InChI is InChI=1S/C27H36N4O5S/c1-4-36-25-10-9-24(19-20(25)2)37(34,35)31-13-11-21(12-14-31)26(32)28-23-7-5-22(6-8-23)27(33)30-17-15-29(3)16-18-30/h5-10,19,21H,4,11-18H2,1-3H3,(H,28,32). The fourth-order valence-corrected chi connectivity index (χ4v) is 6.30. The van der Waals surface area contributed by atoms with Gasteiger partial charge in [-0.1, -0.05) is 0 Å². The zero-order valence-corrected chi connectivity index (χ0v) is 22.6. The fourth-order valence-electron chi connectivity index (χ4n) is 4.74. The van der Waals surface area contributed by atoms with Crippen molar-refractivity contribution in [3.05, 3.63) is 53.6 Å². The lowest BCUT2D eigenvalue weighted by Crippen LogP contribution is -2.47. The maximum Gasteiger partial charge on any atom is 0.253 e. The number of nitrogens with zero attached hydrogens (tertiary/aromatic N) is 3. The highest BCUT2D eigenvalue weighted by Crippen LogP contribution is 2.28. The lowest BCUT2D eigenvalue weighted by Gasteiger charge is -2.32. The maximum absolute atomic E-state index is 13.1. The van der Waals surface area contributed by atoms with Gasteiger partial charge < -0.3 is 19.9 Å². The van der Waals surface area contributed by atoms with Crippen LogP contribution in [0.25, 0.3) is 0 Å². The van der Waals surface area contributed by atoms with Gasteiger partial charge in [0.1, 0.15) is 5.75 Å². The molecule has 1 N–H and O–H groups in total. The fraction of sp³-hybridized carbons (Fsp3) is 0.481. The van der Waals surface area contributed by atoms with Crippen LogP contribution in [0.1, 0.15) is 35.7 Å². The summed E-state index contributed by atoms with van der Waals surface area (Å²) in [5.74, 6) is 0.267. The van der Waals surface area contributed by atoms with E-state index in [9.17, 15) is 18.0 Å². The van der Waals surface area contributed by atoms with Crippen molar-refractivity contribution < 1.29 is 22.7 Å². The van der Waals surface area contributed by atoms with Crippen LogP contribution < -0.4 is 10.1 Å². The number of piperidine rings is 1. The molecule has 0 aromatic heterocycles. The van der Waals surface area contributed by atoms with E-state index >= 15 is 0 Å². The van der Waals surface area contributed by atoms with Gasteiger partial charge in [-0.2, -0.15) is 4.31 Å². The minimum Gasteiger partial charge on any atom is -0.494 e. The molecule has 2 aliphatic rings. The van der Waals surface area contributed by atoms with Crippen LogP contribution in [0.2, 0.25) is 0 Å². The SMILES string of the molecule is CCOc1ccc(S(=O)(=O)N2CCC(C(=O)Nc3ccc(C(=O)N4CCN(C)CC4)cc3)CC2)cc1C. The normalized spacial score (nSPS) is 18.0. The van der Waals surface area contributed by atoms with Gasteiger partial charge in [0.15, 0.2) is 0 Å². The molecule has 2 aromatic carbocycles. The van der Waals surface area contributed by atoms with Crippen LogP contribution in [0.15, 0.2) is 47.4 Å². The Morgan fingerprint density at radius 2 is 1.62 bits per heavy atom. The van der Waals surface area contributed by atoms with Crippen molar-refractivity contribution >= 4 is 27.5 Å². The minimum absolute atomic E-state index is 0.00211. The first kappa shape index (κ1) is 27.1. The molecular weight excluding hydrogens is 492 g/mol. The average Bonchev–Trinajstić information content (AvgIpc) is 2.90. The highest BCUT2D eigenvalue weighted by Gasteiger charge is 2.32. The Labute approximate surface area is 219 Å². The van der Waals surface area contributed by atoms with Crippen molar-refractivity contribution in [3.8, 4) is 5.75 Å². The monoisotopic (exact) mass is 528 g/mol. The molecule has 0 bridgehead atoms. The number of nitrogens with one attached hydrogen (secondary N) is 1. The molecule has 2 saturated heterocycles. The van der Waals surface area contributed by atoms with E-state index < -0.39 is 10.0 Å². The Kier molecular flexibility index (Phi) is 8.51. The van der Waals surface area contributed by atoms with Gasteiger partial charge in [-0.15, -0.1) is 0 Å². The van der Waals surface area contributed by atoms with Crippen LogP contribution in [-0.2, 0) is 14.8 Å². The number of ether oxygens (including phenoxy) is 1. The molecule has 2 fully saturated rings. The number of likely N-dealkylation sites (N-methyl/N-ethyl adjacent to an activating group) is 1. The summed E-state index contributed by atoms with van der Waals surface area (Å²) < 4.78 is 33.3. The summed E-state index contributed by atoms with van der Waals surface area (Å²) in [6.07, 6.45) is 0.891. The maximum atomic E-state index is 13.1. The molecule has 2 aliphatic heterocycles. The van der Waals surface area contributed by atoms with Crippen molar-refractivity contribution in [2.75, 3.05) is 58.2 Å². The highest BCUT2D eigenvalue weighted by atomic mass is 32.2. The van der Waals surface area contributed by atoms with Gasteiger partial charge in [-0.3, -0.25) is 9.59 Å². The molecule has 0 atom stereocenters. The van der Waals surface area contributed by atoms with Crippen molar-refractivity contribution in [2.24, 2.45) is 5.92 Å². The molecule has 2 amide bonds. The van der Waals surface area contributed by atoms with E-state index in [1.54, 1.807) is 42.5 Å². The van der Waals surface area contributed by atoms with Crippen LogP contribution in [0.5, 0.6) is 5.75 Å². The van der Waals surface area contributed by atoms with E-state index in [2.05, 4.69) is 10.2 Å². The number of carbonyl (C=O) groups excluding carboxylic acids is 2. The molecule has 2 heterocycles. The molecule has 0 saturated carbocycles. The zero-order chi connectivity index (χ0) is 26.6. The van der Waals surface area contributed by atoms with E-state index in [1.165, 1.54) is 4.31 Å². The third-order valence-electron chi connectivity index (χ3n) is 7.10. The van der Waals surface area contributed by atoms with Crippen molar-refractivity contribution in [3.63, 3.8) is 0 Å². The molecule has 2 aromatic rings. The van der Waals surface area contributed by atoms with Crippen molar-refractivity contribution in [2.45, 2.75) is 31.6 Å². The second-order valence-electron chi connectivity index (χ2n) is 9.70. The summed E-state index contributed by atoms with van der Waals surface area (Å²) in [6, 6.07) is 11.9. The Morgan fingerprint density at radius 1 is 0.973 bits per heavy atom. The van der Waals surface area contributed by atoms with Gasteiger partial charge in [0.05, 0.1) is 11.5 Å². The number of aryl methyl sites for hydroxylation is 1. The molecule has 0 spiro atoms. The predicted octanol–water partition coefficient (Wildman–Crippen LogP) is 2.82. The number of rotatable bonds is 7. The number of anilines is 1. The first-order valence-corrected chi connectivity index (χ1v) is 14.3. The van der Waals surface area contributed by atoms with Gasteiger partial charge >= 0.3 is 0 Å². The summed E-state index contributed by atoms with van der Waals surface area (Å²) >= 11 is 0. The van der Waals surface area contributed by atoms with Crippen LogP contribution in [0.3, 0.4) is 0 Å². The van der Waals surface area contributed by atoms with Gasteiger partial charge in [0.2, 0.25) is 15.9 Å². The molecule has 4 rings (SSSR count). The Hall–Kier alpha value is -2.95. The van der Waals surface area contributed by atoms with Crippen molar-refractivity contribution in [1.29, 1.82) is 0 Å². The number of hydrogen-bond acceptors (Lipinski definition) is 6. The van der Waals surface area contributed by atoms with E-state index in [1.807, 2.05) is 25.8 Å². The number of benzene rings is 2. The van der Waals surface area contributed by atoms with Crippen LogP contribution in [-0.4, -0.2) is 87.3 Å². The molecule has 9 nitrogen and oxygen atoms in total. The molecule has 0 unspecified atom stereocenters. The lowest BCUT2D eigenvalue weighted by molar-refractivity contribution is -0.120. The van der Waals surface area contributed by atoms with Crippen LogP contribution in [0, 0.1) is 12.8 Å². The Morgan fingerprint density at radius 3 is 2.22 bits per heavy atom. The number of amides is 2.